The second kappa shape index (κ2) is 7.09. The molecule has 5 rings (SSSR count). The number of aromatic amines is 1. The predicted molar refractivity (Wildman–Crippen MR) is 112 cm³/mol. The number of hydrogen-bond acceptors (Lipinski definition) is 4. The highest BCUT2D eigenvalue weighted by molar-refractivity contribution is 6.00. The molecule has 2 aliphatic rings. The van der Waals surface area contributed by atoms with E-state index in [0.717, 1.165) is 16.5 Å². The monoisotopic (exact) mass is 405 g/mol. The zero-order valence-corrected chi connectivity index (χ0v) is 16.8. The van der Waals surface area contributed by atoms with Crippen molar-refractivity contribution in [3.05, 3.63) is 54.2 Å². The van der Waals surface area contributed by atoms with Crippen molar-refractivity contribution in [2.75, 3.05) is 12.1 Å². The maximum absolute atomic E-state index is 13.2. The Bertz CT molecular complexity index is 1140. The first-order valence-electron chi connectivity index (χ1n) is 10.1. The lowest BCUT2D eigenvalue weighted by atomic mass is 9.87. The van der Waals surface area contributed by atoms with Crippen molar-refractivity contribution in [3.8, 4) is 11.5 Å². The average molecular weight is 405 g/mol. The third-order valence-electron chi connectivity index (χ3n) is 5.79. The van der Waals surface area contributed by atoms with Gasteiger partial charge in [0.15, 0.2) is 11.5 Å². The van der Waals surface area contributed by atoms with E-state index in [-0.39, 0.29) is 30.6 Å². The molecule has 7 nitrogen and oxygen atoms in total. The average Bonchev–Trinajstić information content (AvgIpc) is 3.37. The van der Waals surface area contributed by atoms with Gasteiger partial charge in [0.1, 0.15) is 6.04 Å². The maximum atomic E-state index is 13.2. The molecule has 2 atom stereocenters. The van der Waals surface area contributed by atoms with Crippen molar-refractivity contribution < 1.29 is 19.1 Å². The minimum atomic E-state index is -0.566. The Labute approximate surface area is 174 Å². The number of amides is 2. The first kappa shape index (κ1) is 18.5. The van der Waals surface area contributed by atoms with E-state index in [4.69, 9.17) is 9.47 Å². The Hall–Kier alpha value is -3.48. The molecule has 2 N–H and O–H groups in total. The van der Waals surface area contributed by atoms with Crippen molar-refractivity contribution in [1.29, 1.82) is 0 Å². The van der Waals surface area contributed by atoms with Crippen LogP contribution in [0.2, 0.25) is 0 Å². The number of nitrogens with zero attached hydrogens (tertiary/aromatic N) is 1. The van der Waals surface area contributed by atoms with Gasteiger partial charge >= 0.3 is 0 Å². The largest absolute Gasteiger partial charge is 0.454 e. The summed E-state index contributed by atoms with van der Waals surface area (Å²) in [5.41, 5.74) is 2.67. The highest BCUT2D eigenvalue weighted by atomic mass is 16.7. The minimum Gasteiger partial charge on any atom is -0.454 e. The first-order valence-corrected chi connectivity index (χ1v) is 10.1. The van der Waals surface area contributed by atoms with Gasteiger partial charge in [-0.1, -0.05) is 19.9 Å². The van der Waals surface area contributed by atoms with E-state index in [1.165, 1.54) is 0 Å². The Kier molecular flexibility index (Phi) is 4.38. The number of benzene rings is 2. The molecule has 7 heteroatoms. The smallest absolute Gasteiger partial charge is 0.247 e. The number of H-pyrrole nitrogens is 1. The van der Waals surface area contributed by atoms with E-state index in [1.54, 1.807) is 4.90 Å². The molecule has 2 aliphatic heterocycles. The molecule has 0 radical (unpaired) electrons. The molecule has 1 fully saturated rings. The van der Waals surface area contributed by atoms with Crippen LogP contribution in [0.5, 0.6) is 11.5 Å². The van der Waals surface area contributed by atoms with Gasteiger partial charge < -0.3 is 24.7 Å². The molecule has 1 aromatic heterocycles. The fourth-order valence-corrected chi connectivity index (χ4v) is 4.28. The standard InChI is InChI=1S/C23H23N3O4/c1-13(2)22(23(28)25-16-4-5-17-14(9-16)7-8-24-17)26-18(11-21(26)27)15-3-6-19-20(10-15)30-12-29-19/h3-10,13,18,22,24H,11-12H2,1-2H3,(H,25,28)/t18-,22+/m1/s1. The van der Waals surface area contributed by atoms with Crippen LogP contribution in [0.3, 0.4) is 0 Å². The molecule has 30 heavy (non-hydrogen) atoms. The maximum Gasteiger partial charge on any atom is 0.247 e. The van der Waals surface area contributed by atoms with E-state index >= 15 is 0 Å². The van der Waals surface area contributed by atoms with Gasteiger partial charge in [0.25, 0.3) is 0 Å². The van der Waals surface area contributed by atoms with Gasteiger partial charge in [0.2, 0.25) is 18.6 Å². The fourth-order valence-electron chi connectivity index (χ4n) is 4.28. The third-order valence-corrected chi connectivity index (χ3v) is 5.79. The van der Waals surface area contributed by atoms with Crippen LogP contribution >= 0.6 is 0 Å². The lowest BCUT2D eigenvalue weighted by Crippen LogP contribution is -2.58. The van der Waals surface area contributed by atoms with Crippen molar-refractivity contribution in [2.45, 2.75) is 32.4 Å². The second-order valence-corrected chi connectivity index (χ2v) is 8.09. The van der Waals surface area contributed by atoms with Crippen molar-refractivity contribution >= 4 is 28.4 Å². The molecule has 1 saturated heterocycles. The fraction of sp³-hybridized carbons (Fsp3) is 0.304. The number of carbonyl (C=O) groups is 2. The number of rotatable bonds is 5. The summed E-state index contributed by atoms with van der Waals surface area (Å²) in [6, 6.07) is 12.7. The van der Waals surface area contributed by atoms with E-state index in [0.29, 0.717) is 23.6 Å². The molecule has 0 aliphatic carbocycles. The first-order chi connectivity index (χ1) is 14.5. The molecule has 0 bridgehead atoms. The summed E-state index contributed by atoms with van der Waals surface area (Å²) in [5, 5.41) is 4.02. The van der Waals surface area contributed by atoms with Gasteiger partial charge in [-0.15, -0.1) is 0 Å². The number of anilines is 1. The van der Waals surface area contributed by atoms with Gasteiger partial charge in [-0.25, -0.2) is 0 Å². The van der Waals surface area contributed by atoms with E-state index in [2.05, 4.69) is 10.3 Å². The normalized spacial score (nSPS) is 18.6. The SMILES string of the molecule is CC(C)[C@@H](C(=O)Nc1ccc2[nH]ccc2c1)N1C(=O)C[C@@H]1c1ccc2c(c1)OCO2. The van der Waals surface area contributed by atoms with Crippen molar-refractivity contribution in [2.24, 2.45) is 5.92 Å². The van der Waals surface area contributed by atoms with Crippen LogP contribution in [0.1, 0.15) is 31.9 Å². The summed E-state index contributed by atoms with van der Waals surface area (Å²) in [6.45, 7) is 4.12. The Balaban J connectivity index is 1.39. The van der Waals surface area contributed by atoms with Crippen molar-refractivity contribution in [3.63, 3.8) is 0 Å². The lowest BCUT2D eigenvalue weighted by molar-refractivity contribution is -0.156. The molecule has 0 saturated carbocycles. The summed E-state index contributed by atoms with van der Waals surface area (Å²) in [5.74, 6) is 1.14. The summed E-state index contributed by atoms with van der Waals surface area (Å²) >= 11 is 0. The van der Waals surface area contributed by atoms with Crippen LogP contribution in [0.4, 0.5) is 5.69 Å². The van der Waals surface area contributed by atoms with Crippen LogP contribution in [-0.4, -0.2) is 34.5 Å². The van der Waals surface area contributed by atoms with Gasteiger partial charge in [-0.2, -0.15) is 0 Å². The Morgan fingerprint density at radius 3 is 2.77 bits per heavy atom. The quantitative estimate of drug-likeness (QED) is 0.632. The molecule has 2 aromatic carbocycles. The Morgan fingerprint density at radius 1 is 1.13 bits per heavy atom. The zero-order valence-electron chi connectivity index (χ0n) is 16.8. The molecule has 154 valence electrons. The van der Waals surface area contributed by atoms with Gasteiger partial charge in [-0.05, 0) is 47.9 Å². The number of nitrogens with one attached hydrogen (secondary N) is 2. The zero-order chi connectivity index (χ0) is 20.8. The van der Waals surface area contributed by atoms with Crippen LogP contribution in [0, 0.1) is 5.92 Å². The molecule has 3 aromatic rings. The number of carbonyl (C=O) groups excluding carboxylic acids is 2. The topological polar surface area (TPSA) is 83.7 Å². The Morgan fingerprint density at radius 2 is 1.97 bits per heavy atom. The number of likely N-dealkylation sites (tertiary alicyclic amines) is 1. The molecular weight excluding hydrogens is 382 g/mol. The second-order valence-electron chi connectivity index (χ2n) is 8.09. The van der Waals surface area contributed by atoms with Gasteiger partial charge in [-0.3, -0.25) is 9.59 Å². The van der Waals surface area contributed by atoms with E-state index in [1.807, 2.05) is 62.5 Å². The van der Waals surface area contributed by atoms with Gasteiger partial charge in [0, 0.05) is 22.8 Å². The predicted octanol–water partition coefficient (Wildman–Crippen LogP) is 3.83. The number of ether oxygens (including phenoxy) is 2. The third kappa shape index (κ3) is 3.07. The highest BCUT2D eigenvalue weighted by Crippen LogP contribution is 2.42. The van der Waals surface area contributed by atoms with Crippen LogP contribution < -0.4 is 14.8 Å². The number of hydrogen-bond donors (Lipinski definition) is 2. The number of fused-ring (bicyclic) bond motifs is 2. The summed E-state index contributed by atoms with van der Waals surface area (Å²) < 4.78 is 10.9. The van der Waals surface area contributed by atoms with E-state index in [9.17, 15) is 9.59 Å². The van der Waals surface area contributed by atoms with Crippen LogP contribution in [0.25, 0.3) is 10.9 Å². The molecule has 0 unspecified atom stereocenters. The molecule has 3 heterocycles. The van der Waals surface area contributed by atoms with Crippen LogP contribution in [-0.2, 0) is 9.59 Å². The van der Waals surface area contributed by atoms with Gasteiger partial charge in [0.05, 0.1) is 12.5 Å². The lowest BCUT2D eigenvalue weighted by Gasteiger charge is -2.46. The highest BCUT2D eigenvalue weighted by Gasteiger charge is 2.45. The summed E-state index contributed by atoms with van der Waals surface area (Å²) in [7, 11) is 0. The van der Waals surface area contributed by atoms with E-state index < -0.39 is 6.04 Å². The van der Waals surface area contributed by atoms with Crippen LogP contribution in [0.15, 0.2) is 48.7 Å². The molecule has 2 amide bonds. The number of β-lactam (4-membered cyclic amide) rings is 1. The minimum absolute atomic E-state index is 0.0207. The van der Waals surface area contributed by atoms with Crippen molar-refractivity contribution in [1.82, 2.24) is 9.88 Å². The summed E-state index contributed by atoms with van der Waals surface area (Å²) in [4.78, 5) is 30.6. The number of aromatic nitrogens is 1. The molecular formula is C23H23N3O4. The summed E-state index contributed by atoms with van der Waals surface area (Å²) in [6.07, 6.45) is 2.24. The molecule has 0 spiro atoms.